The normalized spacial score (nSPS) is 13.9. The molecule has 0 radical (unpaired) electrons. The highest BCUT2D eigenvalue weighted by Gasteiger charge is 2.35. The van der Waals surface area contributed by atoms with E-state index in [9.17, 15) is 38.2 Å². The molecule has 0 bridgehead atoms. The van der Waals surface area contributed by atoms with Crippen molar-refractivity contribution in [2.45, 2.75) is 11.8 Å². The van der Waals surface area contributed by atoms with Crippen LogP contribution in [0.15, 0.2) is 105 Å². The molecule has 1 aliphatic rings. The summed E-state index contributed by atoms with van der Waals surface area (Å²) in [5.74, 6) is -0.657. The van der Waals surface area contributed by atoms with E-state index in [4.69, 9.17) is 23.2 Å². The van der Waals surface area contributed by atoms with E-state index in [0.29, 0.717) is 11.1 Å². The molecular formula is C31H19Cl2N7O8S. The summed E-state index contributed by atoms with van der Waals surface area (Å²) in [6.45, 7) is 1.48. The molecule has 0 saturated carbocycles. The Balaban J connectivity index is 1.46. The SMILES string of the molecule is Cc1nc2ccc(S(=O)(=O)Nc3c(Cl)cc([N+](=O)[O-])cc3Cl)cc2c(=O)n1N1C(=O)C(=Cc2cccc([N+](=O)[O-])c2)N=C1c1ccccc1. The average Bonchev–Trinajstić information content (AvgIpc) is 3.37. The predicted molar refractivity (Wildman–Crippen MR) is 182 cm³/mol. The predicted octanol–water partition coefficient (Wildman–Crippen LogP) is 5.60. The number of hydrogen-bond donors (Lipinski definition) is 1. The standard InChI is InChI=1S/C31H19Cl2N7O8S/c1-17-34-26-11-10-22(49(47,48)36-28-24(32)14-21(40(45)46)15-25(28)33)16-23(26)30(41)37(17)38-29(19-7-3-2-4-8-19)35-27(31(38)42)13-18-6-5-9-20(12-18)39(43)44/h2-16,36H,1H3. The number of sulfonamides is 1. The van der Waals surface area contributed by atoms with Crippen LogP contribution in [0.1, 0.15) is 17.0 Å². The third kappa shape index (κ3) is 6.22. The average molecular weight is 721 g/mol. The first-order valence-corrected chi connectivity index (χ1v) is 16.1. The highest BCUT2D eigenvalue weighted by molar-refractivity contribution is 7.92. The molecule has 5 aromatic rings. The Kier molecular flexibility index (Phi) is 8.45. The van der Waals surface area contributed by atoms with Crippen molar-refractivity contribution in [2.24, 2.45) is 4.99 Å². The first-order valence-electron chi connectivity index (χ1n) is 13.9. The van der Waals surface area contributed by atoms with Crippen molar-refractivity contribution in [2.75, 3.05) is 9.73 Å². The Morgan fingerprint density at radius 3 is 2.18 bits per heavy atom. The van der Waals surface area contributed by atoms with Crippen LogP contribution in [0.3, 0.4) is 0 Å². The van der Waals surface area contributed by atoms with E-state index in [1.54, 1.807) is 36.4 Å². The van der Waals surface area contributed by atoms with Gasteiger partial charge in [-0.25, -0.2) is 18.4 Å². The molecule has 0 unspecified atom stereocenters. The molecule has 1 N–H and O–H groups in total. The Morgan fingerprint density at radius 2 is 1.53 bits per heavy atom. The maximum atomic E-state index is 14.1. The minimum absolute atomic E-state index is 0.0431. The second-order valence-corrected chi connectivity index (χ2v) is 12.9. The van der Waals surface area contributed by atoms with Gasteiger partial charge in [0.1, 0.15) is 11.5 Å². The molecule has 1 aromatic heterocycles. The molecule has 246 valence electrons. The van der Waals surface area contributed by atoms with Crippen molar-refractivity contribution in [3.05, 3.63) is 148 Å². The number of aromatic nitrogens is 2. The molecule has 0 atom stereocenters. The highest BCUT2D eigenvalue weighted by Crippen LogP contribution is 2.36. The topological polar surface area (TPSA) is 200 Å². The largest absolute Gasteiger partial charge is 0.297 e. The Labute approximate surface area is 285 Å². The second kappa shape index (κ2) is 12.6. The number of halogens is 2. The molecule has 1 aliphatic heterocycles. The maximum absolute atomic E-state index is 14.1. The number of nitrogens with one attached hydrogen (secondary N) is 1. The summed E-state index contributed by atoms with van der Waals surface area (Å²) in [6, 6.07) is 19.4. The number of nitro benzene ring substituents is 2. The summed E-state index contributed by atoms with van der Waals surface area (Å²) in [6.07, 6.45) is 1.35. The zero-order valence-corrected chi connectivity index (χ0v) is 27.1. The number of benzene rings is 4. The van der Waals surface area contributed by atoms with Gasteiger partial charge in [-0.15, -0.1) is 0 Å². The molecule has 18 heteroatoms. The lowest BCUT2D eigenvalue weighted by Gasteiger charge is -2.22. The number of carbonyl (C=O) groups excluding carboxylic acids is 1. The smallest absolute Gasteiger partial charge is 0.277 e. The Morgan fingerprint density at radius 1 is 0.857 bits per heavy atom. The van der Waals surface area contributed by atoms with Gasteiger partial charge in [-0.1, -0.05) is 65.7 Å². The van der Waals surface area contributed by atoms with E-state index in [1.807, 2.05) is 0 Å². The van der Waals surface area contributed by atoms with E-state index in [1.165, 1.54) is 43.3 Å². The van der Waals surface area contributed by atoms with Gasteiger partial charge in [-0.05, 0) is 36.8 Å². The van der Waals surface area contributed by atoms with E-state index in [2.05, 4.69) is 14.7 Å². The van der Waals surface area contributed by atoms with Gasteiger partial charge in [-0.3, -0.25) is 34.5 Å². The fraction of sp³-hybridized carbons (Fsp3) is 0.0323. The quantitative estimate of drug-likeness (QED) is 0.120. The molecule has 0 saturated heterocycles. The molecule has 15 nitrogen and oxygen atoms in total. The number of carbonyl (C=O) groups is 1. The number of aryl methyl sites for hydroxylation is 1. The Bertz CT molecular complexity index is 2460. The van der Waals surface area contributed by atoms with Crippen LogP contribution < -0.4 is 15.3 Å². The van der Waals surface area contributed by atoms with Gasteiger partial charge in [0.05, 0.1) is 41.4 Å². The minimum atomic E-state index is -4.49. The monoisotopic (exact) mass is 719 g/mol. The van der Waals surface area contributed by atoms with Gasteiger partial charge in [0.15, 0.2) is 5.84 Å². The van der Waals surface area contributed by atoms with Crippen LogP contribution in [0.5, 0.6) is 0 Å². The number of aliphatic imine (C=N–C) groups is 1. The minimum Gasteiger partial charge on any atom is -0.277 e. The number of nitro groups is 2. The van der Waals surface area contributed by atoms with Crippen LogP contribution in [0.25, 0.3) is 17.0 Å². The van der Waals surface area contributed by atoms with Gasteiger partial charge < -0.3 is 0 Å². The lowest BCUT2D eigenvalue weighted by Crippen LogP contribution is -2.49. The lowest BCUT2D eigenvalue weighted by atomic mass is 10.1. The lowest BCUT2D eigenvalue weighted by molar-refractivity contribution is -0.385. The fourth-order valence-corrected chi connectivity index (χ4v) is 6.79. The summed E-state index contributed by atoms with van der Waals surface area (Å²) in [7, 11) is -4.49. The van der Waals surface area contributed by atoms with Crippen molar-refractivity contribution in [1.29, 1.82) is 0 Å². The zero-order chi connectivity index (χ0) is 35.2. The number of nitrogens with zero attached hydrogens (tertiary/aromatic N) is 6. The summed E-state index contributed by atoms with van der Waals surface area (Å²) < 4.78 is 30.0. The van der Waals surface area contributed by atoms with Crippen LogP contribution in [-0.4, -0.2) is 39.7 Å². The third-order valence-corrected chi connectivity index (χ3v) is 9.16. The van der Waals surface area contributed by atoms with Crippen LogP contribution in [0, 0.1) is 27.2 Å². The molecule has 49 heavy (non-hydrogen) atoms. The van der Waals surface area contributed by atoms with Crippen molar-refractivity contribution in [1.82, 2.24) is 9.66 Å². The van der Waals surface area contributed by atoms with Crippen LogP contribution in [-0.2, 0) is 14.8 Å². The maximum Gasteiger partial charge on any atom is 0.297 e. The molecule has 2 heterocycles. The third-order valence-electron chi connectivity index (χ3n) is 7.22. The van der Waals surface area contributed by atoms with E-state index >= 15 is 0 Å². The summed E-state index contributed by atoms with van der Waals surface area (Å²) >= 11 is 12.2. The summed E-state index contributed by atoms with van der Waals surface area (Å²) in [5.41, 5.74) is -1.06. The highest BCUT2D eigenvalue weighted by atomic mass is 35.5. The van der Waals surface area contributed by atoms with Crippen LogP contribution >= 0.6 is 23.2 Å². The molecule has 6 rings (SSSR count). The van der Waals surface area contributed by atoms with Crippen molar-refractivity contribution in [3.8, 4) is 0 Å². The first-order chi connectivity index (χ1) is 23.2. The number of amides is 1. The van der Waals surface area contributed by atoms with E-state index in [-0.39, 0.29) is 49.7 Å². The molecule has 0 aliphatic carbocycles. The number of hydrogen-bond acceptors (Lipinski definition) is 10. The van der Waals surface area contributed by atoms with Gasteiger partial charge in [0.25, 0.3) is 32.9 Å². The number of non-ortho nitro benzene ring substituents is 2. The van der Waals surface area contributed by atoms with Crippen LogP contribution in [0.2, 0.25) is 10.0 Å². The van der Waals surface area contributed by atoms with Gasteiger partial charge in [-0.2, -0.15) is 9.69 Å². The van der Waals surface area contributed by atoms with Gasteiger partial charge in [0.2, 0.25) is 0 Å². The van der Waals surface area contributed by atoms with E-state index in [0.717, 1.165) is 27.9 Å². The number of fused-ring (bicyclic) bond motifs is 1. The van der Waals surface area contributed by atoms with Gasteiger partial charge in [0, 0.05) is 29.8 Å². The van der Waals surface area contributed by atoms with Crippen molar-refractivity contribution in [3.63, 3.8) is 0 Å². The molecule has 0 spiro atoms. The molecule has 1 amide bonds. The van der Waals surface area contributed by atoms with Crippen molar-refractivity contribution < 1.29 is 23.1 Å². The fourth-order valence-electron chi connectivity index (χ4n) is 4.98. The summed E-state index contributed by atoms with van der Waals surface area (Å²) in [5, 5.41) is 22.6. The van der Waals surface area contributed by atoms with Gasteiger partial charge >= 0.3 is 0 Å². The Hall–Kier alpha value is -5.97. The molecular weight excluding hydrogens is 701 g/mol. The van der Waals surface area contributed by atoms with Crippen molar-refractivity contribution >= 4 is 79.0 Å². The van der Waals surface area contributed by atoms with E-state index < -0.39 is 41.9 Å². The molecule has 0 fully saturated rings. The first kappa shape index (κ1) is 33.0. The number of anilines is 1. The second-order valence-electron chi connectivity index (χ2n) is 10.4. The molecule has 4 aromatic carbocycles. The zero-order valence-electron chi connectivity index (χ0n) is 24.8. The number of rotatable bonds is 8. The number of amidine groups is 1. The summed E-state index contributed by atoms with van der Waals surface area (Å²) in [4.78, 5) is 57.8. The van der Waals surface area contributed by atoms with Crippen LogP contribution in [0.4, 0.5) is 17.1 Å².